The lowest BCUT2D eigenvalue weighted by Crippen LogP contribution is -2.44. The number of nitrogens with one attached hydrogen (secondary N) is 2. The maximum absolute atomic E-state index is 13.0. The molecule has 33 heavy (non-hydrogen) atoms. The van der Waals surface area contributed by atoms with E-state index in [1.807, 2.05) is 4.90 Å². The maximum atomic E-state index is 13.0. The molecule has 0 aromatic heterocycles. The lowest BCUT2D eigenvalue weighted by molar-refractivity contribution is -0.126. The molecule has 0 bridgehead atoms. The van der Waals surface area contributed by atoms with Crippen molar-refractivity contribution >= 4 is 23.5 Å². The van der Waals surface area contributed by atoms with Gasteiger partial charge in [-0.1, -0.05) is 12.1 Å². The largest absolute Gasteiger partial charge is 0.352 e. The Labute approximate surface area is 192 Å². The van der Waals surface area contributed by atoms with Crippen LogP contribution in [0.25, 0.3) is 0 Å². The lowest BCUT2D eigenvalue weighted by atomic mass is 9.96. The summed E-state index contributed by atoms with van der Waals surface area (Å²) in [7, 11) is 0. The van der Waals surface area contributed by atoms with Crippen molar-refractivity contribution in [2.45, 2.75) is 32.2 Å². The molecular weight excluding hydrogens is 423 g/mol. The first-order valence-corrected chi connectivity index (χ1v) is 11.5. The average molecular weight is 453 g/mol. The van der Waals surface area contributed by atoms with Gasteiger partial charge in [-0.05, 0) is 67.6 Å². The number of carbonyl (C=O) groups excluding carboxylic acids is 3. The standard InChI is InChI=1S/C25H29FN4O3/c26-21-7-3-18(4-8-21)17-27-23(31)19-11-15-30(16-12-19)25(33)28-22-9-5-20(6-10-22)24(32)29-13-1-2-14-29/h3-10,19H,1-2,11-17H2,(H,27,31)(H,28,33). The van der Waals surface area contributed by atoms with Gasteiger partial charge in [-0.2, -0.15) is 0 Å². The van der Waals surface area contributed by atoms with Gasteiger partial charge in [0.25, 0.3) is 5.91 Å². The SMILES string of the molecule is O=C(NCc1ccc(F)cc1)C1CCN(C(=O)Nc2ccc(C(=O)N3CCCC3)cc2)CC1. The number of amides is 4. The first-order chi connectivity index (χ1) is 16.0. The average Bonchev–Trinajstić information content (AvgIpc) is 3.39. The highest BCUT2D eigenvalue weighted by molar-refractivity contribution is 5.95. The van der Waals surface area contributed by atoms with Gasteiger partial charge in [-0.15, -0.1) is 0 Å². The first-order valence-electron chi connectivity index (χ1n) is 11.5. The van der Waals surface area contributed by atoms with Gasteiger partial charge in [0.2, 0.25) is 5.91 Å². The molecular formula is C25H29FN4O3. The van der Waals surface area contributed by atoms with Gasteiger partial charge in [-0.25, -0.2) is 9.18 Å². The monoisotopic (exact) mass is 452 g/mol. The molecule has 4 amide bonds. The molecule has 2 saturated heterocycles. The van der Waals surface area contributed by atoms with E-state index in [1.165, 1.54) is 12.1 Å². The number of rotatable bonds is 5. The van der Waals surface area contributed by atoms with E-state index in [-0.39, 0.29) is 29.6 Å². The molecule has 2 N–H and O–H groups in total. The third kappa shape index (κ3) is 5.88. The molecule has 2 fully saturated rings. The van der Waals surface area contributed by atoms with Crippen LogP contribution in [0.3, 0.4) is 0 Å². The quantitative estimate of drug-likeness (QED) is 0.727. The van der Waals surface area contributed by atoms with Crippen molar-refractivity contribution < 1.29 is 18.8 Å². The molecule has 0 unspecified atom stereocenters. The fraction of sp³-hybridized carbons (Fsp3) is 0.400. The molecule has 0 spiro atoms. The third-order valence-electron chi connectivity index (χ3n) is 6.31. The number of benzene rings is 2. The zero-order valence-electron chi connectivity index (χ0n) is 18.6. The highest BCUT2D eigenvalue weighted by Crippen LogP contribution is 2.20. The Balaban J connectivity index is 1.21. The van der Waals surface area contributed by atoms with Crippen LogP contribution in [0, 0.1) is 11.7 Å². The molecule has 8 heteroatoms. The van der Waals surface area contributed by atoms with E-state index >= 15 is 0 Å². The minimum Gasteiger partial charge on any atom is -0.352 e. The van der Waals surface area contributed by atoms with Crippen molar-refractivity contribution in [1.82, 2.24) is 15.1 Å². The number of hydrogen-bond acceptors (Lipinski definition) is 3. The topological polar surface area (TPSA) is 81.8 Å². The number of likely N-dealkylation sites (tertiary alicyclic amines) is 2. The normalized spacial score (nSPS) is 16.5. The van der Waals surface area contributed by atoms with Gasteiger partial charge in [0.1, 0.15) is 5.82 Å². The molecule has 174 valence electrons. The zero-order chi connectivity index (χ0) is 23.2. The Kier molecular flexibility index (Phi) is 7.22. The van der Waals surface area contributed by atoms with Crippen molar-refractivity contribution in [2.75, 3.05) is 31.5 Å². The molecule has 0 saturated carbocycles. The van der Waals surface area contributed by atoms with Crippen molar-refractivity contribution in [3.05, 3.63) is 65.5 Å². The van der Waals surface area contributed by atoms with Crippen LogP contribution in [0.5, 0.6) is 0 Å². The van der Waals surface area contributed by atoms with Crippen LogP contribution in [0.15, 0.2) is 48.5 Å². The van der Waals surface area contributed by atoms with Crippen LogP contribution in [-0.2, 0) is 11.3 Å². The Morgan fingerprint density at radius 2 is 1.48 bits per heavy atom. The molecule has 2 aliphatic heterocycles. The van der Waals surface area contributed by atoms with Crippen molar-refractivity contribution in [1.29, 1.82) is 0 Å². The van der Waals surface area contributed by atoms with Gasteiger partial charge in [-0.3, -0.25) is 9.59 Å². The molecule has 0 radical (unpaired) electrons. The second-order valence-corrected chi connectivity index (χ2v) is 8.61. The zero-order valence-corrected chi connectivity index (χ0v) is 18.6. The molecule has 2 aromatic carbocycles. The van der Waals surface area contributed by atoms with Crippen LogP contribution in [0.2, 0.25) is 0 Å². The molecule has 0 aliphatic carbocycles. The fourth-order valence-electron chi connectivity index (χ4n) is 4.28. The predicted molar refractivity (Wildman–Crippen MR) is 123 cm³/mol. The molecule has 7 nitrogen and oxygen atoms in total. The van der Waals surface area contributed by atoms with Gasteiger partial charge in [0, 0.05) is 49.9 Å². The van der Waals surface area contributed by atoms with Crippen LogP contribution < -0.4 is 10.6 Å². The first kappa shape index (κ1) is 22.8. The Bertz CT molecular complexity index is 980. The van der Waals surface area contributed by atoms with Crippen molar-refractivity contribution in [3.8, 4) is 0 Å². The third-order valence-corrected chi connectivity index (χ3v) is 6.31. The van der Waals surface area contributed by atoms with Gasteiger partial charge >= 0.3 is 6.03 Å². The smallest absolute Gasteiger partial charge is 0.321 e. The van der Waals surface area contributed by atoms with Crippen molar-refractivity contribution in [3.63, 3.8) is 0 Å². The highest BCUT2D eigenvalue weighted by Gasteiger charge is 2.27. The summed E-state index contributed by atoms with van der Waals surface area (Å²) < 4.78 is 13.0. The Morgan fingerprint density at radius 1 is 0.848 bits per heavy atom. The number of urea groups is 1. The number of nitrogens with zero attached hydrogens (tertiary/aromatic N) is 2. The summed E-state index contributed by atoms with van der Waals surface area (Å²) >= 11 is 0. The molecule has 2 aliphatic rings. The summed E-state index contributed by atoms with van der Waals surface area (Å²) in [6.07, 6.45) is 3.27. The van der Waals surface area contributed by atoms with E-state index in [4.69, 9.17) is 0 Å². The van der Waals surface area contributed by atoms with E-state index < -0.39 is 0 Å². The summed E-state index contributed by atoms with van der Waals surface area (Å²) in [6.45, 7) is 2.95. The predicted octanol–water partition coefficient (Wildman–Crippen LogP) is 3.62. The second-order valence-electron chi connectivity index (χ2n) is 8.61. The highest BCUT2D eigenvalue weighted by atomic mass is 19.1. The lowest BCUT2D eigenvalue weighted by Gasteiger charge is -2.31. The van der Waals surface area contributed by atoms with Crippen molar-refractivity contribution in [2.24, 2.45) is 5.92 Å². The van der Waals surface area contributed by atoms with Gasteiger partial charge in [0.15, 0.2) is 0 Å². The van der Waals surface area contributed by atoms with Gasteiger partial charge in [0.05, 0.1) is 0 Å². The van der Waals surface area contributed by atoms with E-state index in [2.05, 4.69) is 10.6 Å². The summed E-state index contributed by atoms with van der Waals surface area (Å²) in [5, 5.41) is 5.77. The Hall–Kier alpha value is -3.42. The second kappa shape index (κ2) is 10.5. The van der Waals surface area contributed by atoms with E-state index in [1.54, 1.807) is 41.3 Å². The molecule has 2 heterocycles. The summed E-state index contributed by atoms with van der Waals surface area (Å²) in [5.41, 5.74) is 2.11. The van der Waals surface area contributed by atoms with Crippen LogP contribution >= 0.6 is 0 Å². The van der Waals surface area contributed by atoms with Crippen LogP contribution in [0.4, 0.5) is 14.9 Å². The van der Waals surface area contributed by atoms with Gasteiger partial charge < -0.3 is 20.4 Å². The number of anilines is 1. The molecule has 2 aromatic rings. The molecule has 0 atom stereocenters. The fourth-order valence-corrected chi connectivity index (χ4v) is 4.28. The van der Waals surface area contributed by atoms with E-state index in [0.29, 0.717) is 43.7 Å². The maximum Gasteiger partial charge on any atom is 0.321 e. The number of carbonyl (C=O) groups is 3. The molecule has 4 rings (SSSR count). The minimum atomic E-state index is -0.303. The van der Waals surface area contributed by atoms with E-state index in [0.717, 1.165) is 31.5 Å². The van der Waals surface area contributed by atoms with Crippen LogP contribution in [0.1, 0.15) is 41.6 Å². The summed E-state index contributed by atoms with van der Waals surface area (Å²) in [4.78, 5) is 41.1. The van der Waals surface area contributed by atoms with Crippen LogP contribution in [-0.4, -0.2) is 53.8 Å². The van der Waals surface area contributed by atoms with E-state index in [9.17, 15) is 18.8 Å². The summed E-state index contributed by atoms with van der Waals surface area (Å²) in [6, 6.07) is 12.8. The number of halogens is 1. The summed E-state index contributed by atoms with van der Waals surface area (Å²) in [5.74, 6) is -0.463. The minimum absolute atomic E-state index is 0.0325. The number of piperidine rings is 1. The number of hydrogen-bond donors (Lipinski definition) is 2. The Morgan fingerprint density at radius 3 is 2.12 bits per heavy atom.